The van der Waals surface area contributed by atoms with Crippen molar-refractivity contribution in [1.29, 1.82) is 0 Å². The van der Waals surface area contributed by atoms with E-state index in [1.54, 1.807) is 30.6 Å². The van der Waals surface area contributed by atoms with Crippen molar-refractivity contribution in [3.05, 3.63) is 78.0 Å². The van der Waals surface area contributed by atoms with Crippen molar-refractivity contribution >= 4 is 11.3 Å². The molecule has 4 aromatic rings. The molecular formula is C27H27NO5S. The Hall–Kier alpha value is -3.55. The second-order valence-corrected chi connectivity index (χ2v) is 8.63. The van der Waals surface area contributed by atoms with Crippen LogP contribution in [0.15, 0.2) is 66.7 Å². The number of hydrogen-bond acceptors (Lipinski definition) is 7. The molecule has 1 aromatic heterocycles. The fourth-order valence-electron chi connectivity index (χ4n) is 3.62. The highest BCUT2D eigenvalue weighted by atomic mass is 32.1. The number of hydrogen-bond donors (Lipinski definition) is 2. The van der Waals surface area contributed by atoms with E-state index < -0.39 is 0 Å². The summed E-state index contributed by atoms with van der Waals surface area (Å²) in [5, 5.41) is 20.7. The van der Waals surface area contributed by atoms with Gasteiger partial charge < -0.3 is 24.4 Å². The predicted octanol–water partition coefficient (Wildman–Crippen LogP) is 5.70. The molecule has 0 saturated carbocycles. The van der Waals surface area contributed by atoms with Gasteiger partial charge in [0.05, 0.1) is 38.0 Å². The molecule has 3 aromatic carbocycles. The molecule has 0 unspecified atom stereocenters. The zero-order chi connectivity index (χ0) is 23.9. The van der Waals surface area contributed by atoms with Crippen LogP contribution in [0.2, 0.25) is 0 Å². The number of methoxy groups -OCH3 is 2. The van der Waals surface area contributed by atoms with Crippen molar-refractivity contribution in [3.63, 3.8) is 0 Å². The van der Waals surface area contributed by atoms with Gasteiger partial charge in [0, 0.05) is 11.1 Å². The van der Waals surface area contributed by atoms with Gasteiger partial charge in [0.25, 0.3) is 0 Å². The lowest BCUT2D eigenvalue weighted by Gasteiger charge is -2.09. The van der Waals surface area contributed by atoms with E-state index in [0.717, 1.165) is 51.0 Å². The van der Waals surface area contributed by atoms with Crippen LogP contribution in [0.1, 0.15) is 17.7 Å². The van der Waals surface area contributed by atoms with Gasteiger partial charge in [0.15, 0.2) is 11.5 Å². The molecule has 0 saturated heterocycles. The van der Waals surface area contributed by atoms with Gasteiger partial charge in [0.1, 0.15) is 16.5 Å². The summed E-state index contributed by atoms with van der Waals surface area (Å²) >= 11 is 1.57. The molecule has 0 aliphatic rings. The summed E-state index contributed by atoms with van der Waals surface area (Å²) in [5.74, 6) is 1.89. The van der Waals surface area contributed by atoms with Crippen molar-refractivity contribution in [3.8, 4) is 44.0 Å². The number of aryl methyl sites for hydroxylation is 1. The van der Waals surface area contributed by atoms with E-state index in [9.17, 15) is 10.2 Å². The minimum atomic E-state index is -0.295. The molecule has 4 rings (SSSR count). The van der Waals surface area contributed by atoms with E-state index in [4.69, 9.17) is 19.2 Å². The molecule has 0 bridgehead atoms. The Labute approximate surface area is 203 Å². The number of nitrogens with zero attached hydrogens (tertiary/aromatic N) is 1. The van der Waals surface area contributed by atoms with Crippen LogP contribution in [0, 0.1) is 0 Å². The third-order valence-corrected chi connectivity index (χ3v) is 6.61. The largest absolute Gasteiger partial charge is 0.504 e. The van der Waals surface area contributed by atoms with Gasteiger partial charge in [-0.15, -0.1) is 11.3 Å². The average Bonchev–Trinajstić information content (AvgIpc) is 3.31. The SMILES string of the molecule is COc1ccc(-c2sc(-c3cc(CO)c(O)c(OC)c3)nc2CCCOc2ccccc2)cc1. The Balaban J connectivity index is 1.63. The maximum Gasteiger partial charge on any atom is 0.163 e. The molecule has 6 nitrogen and oxygen atoms in total. The summed E-state index contributed by atoms with van der Waals surface area (Å²) < 4.78 is 16.5. The summed E-state index contributed by atoms with van der Waals surface area (Å²) in [6.45, 7) is 0.289. The van der Waals surface area contributed by atoms with Crippen molar-refractivity contribution in [2.75, 3.05) is 20.8 Å². The fraction of sp³-hybridized carbons (Fsp3) is 0.222. The molecule has 0 radical (unpaired) electrons. The van der Waals surface area contributed by atoms with Gasteiger partial charge in [-0.25, -0.2) is 4.98 Å². The van der Waals surface area contributed by atoms with Crippen molar-refractivity contribution < 1.29 is 24.4 Å². The molecule has 0 spiro atoms. The normalized spacial score (nSPS) is 10.8. The lowest BCUT2D eigenvalue weighted by molar-refractivity contribution is 0.272. The highest BCUT2D eigenvalue weighted by Crippen LogP contribution is 2.40. The first-order valence-electron chi connectivity index (χ1n) is 11.0. The van der Waals surface area contributed by atoms with E-state index in [0.29, 0.717) is 17.9 Å². The Morgan fingerprint density at radius 2 is 1.65 bits per heavy atom. The van der Waals surface area contributed by atoms with Crippen LogP contribution in [0.3, 0.4) is 0 Å². The van der Waals surface area contributed by atoms with Gasteiger partial charge in [0.2, 0.25) is 0 Å². The summed E-state index contributed by atoms with van der Waals surface area (Å²) in [7, 11) is 3.14. The Kier molecular flexibility index (Phi) is 7.67. The van der Waals surface area contributed by atoms with Gasteiger partial charge >= 0.3 is 0 Å². The Morgan fingerprint density at radius 3 is 2.32 bits per heavy atom. The number of ether oxygens (including phenoxy) is 3. The number of aromatic hydroxyl groups is 1. The number of benzene rings is 3. The zero-order valence-electron chi connectivity index (χ0n) is 19.2. The summed E-state index contributed by atoms with van der Waals surface area (Å²) in [5.41, 5.74) is 3.20. The van der Waals surface area contributed by atoms with Crippen LogP contribution in [-0.2, 0) is 13.0 Å². The number of para-hydroxylation sites is 1. The molecule has 7 heteroatoms. The van der Waals surface area contributed by atoms with Crippen LogP contribution in [0.4, 0.5) is 0 Å². The smallest absolute Gasteiger partial charge is 0.163 e. The summed E-state index contributed by atoms with van der Waals surface area (Å²) in [6.07, 6.45) is 1.55. The topological polar surface area (TPSA) is 81.0 Å². The molecule has 34 heavy (non-hydrogen) atoms. The number of phenols is 1. The fourth-order valence-corrected chi connectivity index (χ4v) is 4.73. The molecule has 1 heterocycles. The highest BCUT2D eigenvalue weighted by molar-refractivity contribution is 7.18. The first kappa shape index (κ1) is 23.6. The second-order valence-electron chi connectivity index (χ2n) is 7.63. The maximum absolute atomic E-state index is 10.3. The minimum absolute atomic E-state index is 0.0565. The number of aliphatic hydroxyl groups excluding tert-OH is 1. The quantitative estimate of drug-likeness (QED) is 0.285. The number of rotatable bonds is 10. The van der Waals surface area contributed by atoms with Gasteiger partial charge in [-0.05, 0) is 66.9 Å². The van der Waals surface area contributed by atoms with Crippen molar-refractivity contribution in [1.82, 2.24) is 4.98 Å². The minimum Gasteiger partial charge on any atom is -0.504 e. The molecule has 0 amide bonds. The molecule has 0 aliphatic heterocycles. The first-order chi connectivity index (χ1) is 16.6. The standard InChI is InChI=1S/C27H27NO5S/c1-31-21-12-10-18(11-13-21)26-23(9-6-14-33-22-7-4-3-5-8-22)28-27(34-26)19-15-20(17-29)25(30)24(16-19)32-2/h3-5,7-8,10-13,15-16,29-30H,6,9,14,17H2,1-2H3. The Bertz CT molecular complexity index is 1200. The van der Waals surface area contributed by atoms with Gasteiger partial charge in [-0.3, -0.25) is 0 Å². The lowest BCUT2D eigenvalue weighted by Crippen LogP contribution is -2.00. The molecule has 0 fully saturated rings. The molecule has 176 valence electrons. The third kappa shape index (κ3) is 5.32. The van der Waals surface area contributed by atoms with Crippen LogP contribution in [0.25, 0.3) is 21.0 Å². The molecule has 2 N–H and O–H groups in total. The van der Waals surface area contributed by atoms with E-state index in [1.807, 2.05) is 54.6 Å². The number of aromatic nitrogens is 1. The van der Waals surface area contributed by atoms with Crippen molar-refractivity contribution in [2.24, 2.45) is 0 Å². The van der Waals surface area contributed by atoms with E-state index in [1.165, 1.54) is 7.11 Å². The number of aliphatic hydroxyl groups is 1. The lowest BCUT2D eigenvalue weighted by atomic mass is 10.1. The van der Waals surface area contributed by atoms with Crippen LogP contribution in [-0.4, -0.2) is 36.0 Å². The molecule has 0 atom stereocenters. The van der Waals surface area contributed by atoms with E-state index in [2.05, 4.69) is 0 Å². The van der Waals surface area contributed by atoms with Crippen LogP contribution in [0.5, 0.6) is 23.0 Å². The van der Waals surface area contributed by atoms with Crippen LogP contribution >= 0.6 is 11.3 Å². The monoisotopic (exact) mass is 477 g/mol. The van der Waals surface area contributed by atoms with E-state index >= 15 is 0 Å². The molecule has 0 aliphatic carbocycles. The number of thiazole rings is 1. The maximum atomic E-state index is 10.3. The van der Waals surface area contributed by atoms with Gasteiger partial charge in [-0.1, -0.05) is 18.2 Å². The summed E-state index contributed by atoms with van der Waals surface area (Å²) in [6, 6.07) is 21.2. The predicted molar refractivity (Wildman–Crippen MR) is 134 cm³/mol. The zero-order valence-corrected chi connectivity index (χ0v) is 20.0. The third-order valence-electron chi connectivity index (χ3n) is 5.41. The molecular weight excluding hydrogens is 450 g/mol. The van der Waals surface area contributed by atoms with Gasteiger partial charge in [-0.2, -0.15) is 0 Å². The summed E-state index contributed by atoms with van der Waals surface area (Å²) in [4.78, 5) is 6.00. The average molecular weight is 478 g/mol. The van der Waals surface area contributed by atoms with Crippen LogP contribution < -0.4 is 14.2 Å². The first-order valence-corrected chi connectivity index (χ1v) is 11.8. The Morgan fingerprint density at radius 1 is 0.882 bits per heavy atom. The highest BCUT2D eigenvalue weighted by Gasteiger charge is 2.18. The van der Waals surface area contributed by atoms with E-state index in [-0.39, 0.29) is 12.4 Å². The van der Waals surface area contributed by atoms with Crippen molar-refractivity contribution in [2.45, 2.75) is 19.4 Å². The second kappa shape index (κ2) is 11.0.